The van der Waals surface area contributed by atoms with Gasteiger partial charge >= 0.3 is 0 Å². The van der Waals surface area contributed by atoms with Crippen LogP contribution in [0.4, 0.5) is 5.69 Å². The van der Waals surface area contributed by atoms with E-state index in [2.05, 4.69) is 10.6 Å². The van der Waals surface area contributed by atoms with E-state index in [4.69, 9.17) is 4.74 Å². The van der Waals surface area contributed by atoms with E-state index < -0.39 is 18.1 Å². The highest BCUT2D eigenvalue weighted by atomic mass is 16.5. The third-order valence-corrected chi connectivity index (χ3v) is 9.46. The minimum atomic E-state index is -0.938. The Morgan fingerprint density at radius 3 is 2.60 bits per heavy atom. The molecule has 2 aromatic carbocycles. The summed E-state index contributed by atoms with van der Waals surface area (Å²) >= 11 is 0. The van der Waals surface area contributed by atoms with Gasteiger partial charge in [0.1, 0.15) is 5.75 Å². The van der Waals surface area contributed by atoms with Gasteiger partial charge in [-0.1, -0.05) is 50.1 Å². The number of aliphatic hydroxyl groups is 1. The van der Waals surface area contributed by atoms with Gasteiger partial charge < -0.3 is 25.4 Å². The first kappa shape index (κ1) is 30.1. The molecule has 3 unspecified atom stereocenters. The molecule has 8 nitrogen and oxygen atoms in total. The first-order valence-corrected chi connectivity index (χ1v) is 15.6. The van der Waals surface area contributed by atoms with Gasteiger partial charge in [-0.15, -0.1) is 0 Å². The highest BCUT2D eigenvalue weighted by Crippen LogP contribution is 2.44. The number of benzene rings is 2. The molecule has 1 heterocycles. The Balaban J connectivity index is 1.30. The summed E-state index contributed by atoms with van der Waals surface area (Å²) < 4.78 is 5.49. The van der Waals surface area contributed by atoms with E-state index in [1.54, 1.807) is 23.1 Å². The number of rotatable bonds is 11. The summed E-state index contributed by atoms with van der Waals surface area (Å²) in [7, 11) is 1.54. The van der Waals surface area contributed by atoms with Crippen molar-refractivity contribution in [2.75, 3.05) is 18.6 Å². The number of fused-ring (bicyclic) bond motifs is 2. The number of ether oxygens (including phenoxy) is 1. The number of nitrogens with one attached hydrogen (secondary N) is 2. The standard InChI is InChI=1S/C34H45N3O5/c1-22(33(40)35-29-18-24-12-13-25(29)16-24)15-31(38)30(17-23-9-5-3-6-10-23)36-34(41)26-19-27(21-28(20-26)42-2)37-14-8-4-7-11-32(37)39/h3,5-6,9-10,19-22,24-25,29-31,38H,4,7-8,11-18H2,1-2H3,(H,35,40)(H,36,41)/t22-,24?,25?,29?,30+,31+/m1/s1. The molecular weight excluding hydrogens is 530 g/mol. The zero-order valence-corrected chi connectivity index (χ0v) is 24.9. The molecule has 2 aromatic rings. The molecule has 8 heteroatoms. The van der Waals surface area contributed by atoms with E-state index in [1.807, 2.05) is 37.3 Å². The van der Waals surface area contributed by atoms with Crippen LogP contribution < -0.4 is 20.3 Å². The Hall–Kier alpha value is -3.39. The van der Waals surface area contributed by atoms with Crippen LogP contribution in [-0.2, 0) is 16.0 Å². The van der Waals surface area contributed by atoms with Gasteiger partial charge in [-0.05, 0) is 74.5 Å². The Kier molecular flexibility index (Phi) is 9.83. The molecule has 1 aliphatic heterocycles. The van der Waals surface area contributed by atoms with Crippen molar-refractivity contribution >= 4 is 23.4 Å². The normalized spacial score (nSPS) is 24.0. The highest BCUT2D eigenvalue weighted by Gasteiger charge is 2.40. The molecule has 3 aliphatic rings. The molecule has 5 rings (SSSR count). The summed E-state index contributed by atoms with van der Waals surface area (Å²) in [6, 6.07) is 14.5. The van der Waals surface area contributed by atoms with E-state index in [9.17, 15) is 19.5 Å². The molecule has 6 atom stereocenters. The van der Waals surface area contributed by atoms with Crippen LogP contribution in [0.3, 0.4) is 0 Å². The fraction of sp³-hybridized carbons (Fsp3) is 0.559. The predicted octanol–water partition coefficient (Wildman–Crippen LogP) is 4.64. The third kappa shape index (κ3) is 7.33. The Morgan fingerprint density at radius 2 is 1.88 bits per heavy atom. The lowest BCUT2D eigenvalue weighted by Crippen LogP contribution is -2.47. The van der Waals surface area contributed by atoms with Gasteiger partial charge in [-0.25, -0.2) is 0 Å². The largest absolute Gasteiger partial charge is 0.497 e. The molecule has 2 saturated carbocycles. The van der Waals surface area contributed by atoms with Gasteiger partial charge in [-0.2, -0.15) is 0 Å². The smallest absolute Gasteiger partial charge is 0.251 e. The quantitative estimate of drug-likeness (QED) is 0.362. The van der Waals surface area contributed by atoms with Crippen molar-refractivity contribution in [1.29, 1.82) is 0 Å². The number of anilines is 1. The van der Waals surface area contributed by atoms with E-state index in [1.165, 1.54) is 26.4 Å². The molecule has 3 N–H and O–H groups in total. The molecule has 2 bridgehead atoms. The van der Waals surface area contributed by atoms with Crippen molar-refractivity contribution in [3.05, 3.63) is 59.7 Å². The van der Waals surface area contributed by atoms with Gasteiger partial charge in [0, 0.05) is 42.2 Å². The lowest BCUT2D eigenvalue weighted by Gasteiger charge is -2.28. The molecule has 226 valence electrons. The lowest BCUT2D eigenvalue weighted by molar-refractivity contribution is -0.126. The van der Waals surface area contributed by atoms with Crippen molar-refractivity contribution in [2.24, 2.45) is 17.8 Å². The zero-order valence-electron chi connectivity index (χ0n) is 24.9. The van der Waals surface area contributed by atoms with Crippen LogP contribution in [0.5, 0.6) is 5.75 Å². The van der Waals surface area contributed by atoms with Crippen LogP contribution in [0.2, 0.25) is 0 Å². The van der Waals surface area contributed by atoms with E-state index in [0.29, 0.717) is 42.3 Å². The first-order chi connectivity index (χ1) is 20.3. The number of aliphatic hydroxyl groups excluding tert-OH is 1. The number of amides is 3. The SMILES string of the molecule is COc1cc(C(=O)N[C@@H](Cc2ccccc2)[C@@H](O)C[C@@H](C)C(=O)NC2CC3CCC2C3)cc(N2CCCCCC2=O)c1. The molecule has 0 spiro atoms. The lowest BCUT2D eigenvalue weighted by atomic mass is 9.91. The Labute approximate surface area is 249 Å². The van der Waals surface area contributed by atoms with Crippen molar-refractivity contribution in [1.82, 2.24) is 10.6 Å². The number of carbonyl (C=O) groups excluding carboxylic acids is 3. The highest BCUT2D eigenvalue weighted by molar-refractivity contribution is 5.99. The summed E-state index contributed by atoms with van der Waals surface area (Å²) in [6.07, 6.45) is 7.70. The molecule has 3 fully saturated rings. The fourth-order valence-electron chi connectivity index (χ4n) is 7.03. The predicted molar refractivity (Wildman–Crippen MR) is 162 cm³/mol. The number of nitrogens with zero attached hydrogens (tertiary/aromatic N) is 1. The summed E-state index contributed by atoms with van der Waals surface area (Å²) in [5.41, 5.74) is 1.97. The second-order valence-corrected chi connectivity index (χ2v) is 12.5. The maximum Gasteiger partial charge on any atom is 0.251 e. The maximum absolute atomic E-state index is 13.7. The topological polar surface area (TPSA) is 108 Å². The molecule has 2 aliphatic carbocycles. The number of hydrogen-bond acceptors (Lipinski definition) is 5. The second kappa shape index (κ2) is 13.7. The van der Waals surface area contributed by atoms with Gasteiger partial charge in [0.05, 0.1) is 19.3 Å². The van der Waals surface area contributed by atoms with Crippen molar-refractivity contribution in [3.8, 4) is 5.75 Å². The maximum atomic E-state index is 13.7. The summed E-state index contributed by atoms with van der Waals surface area (Å²) in [6.45, 7) is 2.45. The van der Waals surface area contributed by atoms with Crippen LogP contribution in [0.25, 0.3) is 0 Å². The second-order valence-electron chi connectivity index (χ2n) is 12.5. The average molecular weight is 576 g/mol. The molecule has 0 aromatic heterocycles. The number of carbonyl (C=O) groups is 3. The van der Waals surface area contributed by atoms with Crippen molar-refractivity contribution in [3.63, 3.8) is 0 Å². The number of methoxy groups -OCH3 is 1. The fourth-order valence-corrected chi connectivity index (χ4v) is 7.03. The molecule has 3 amide bonds. The van der Waals surface area contributed by atoms with Crippen molar-refractivity contribution < 1.29 is 24.2 Å². The van der Waals surface area contributed by atoms with E-state index in [0.717, 1.165) is 37.2 Å². The van der Waals surface area contributed by atoms with Gasteiger partial charge in [0.25, 0.3) is 5.91 Å². The Bertz CT molecular complexity index is 1250. The Morgan fingerprint density at radius 1 is 1.07 bits per heavy atom. The molecule has 42 heavy (non-hydrogen) atoms. The molecular formula is C34H45N3O5. The minimum Gasteiger partial charge on any atom is -0.497 e. The number of hydrogen-bond donors (Lipinski definition) is 3. The van der Waals surface area contributed by atoms with E-state index >= 15 is 0 Å². The first-order valence-electron chi connectivity index (χ1n) is 15.6. The summed E-state index contributed by atoms with van der Waals surface area (Å²) in [5.74, 6) is 1.06. The average Bonchev–Trinajstić information content (AvgIpc) is 3.55. The van der Waals surface area contributed by atoms with Crippen LogP contribution >= 0.6 is 0 Å². The van der Waals surface area contributed by atoms with Crippen LogP contribution in [0.15, 0.2) is 48.5 Å². The molecule has 0 radical (unpaired) electrons. The monoisotopic (exact) mass is 575 g/mol. The van der Waals surface area contributed by atoms with Crippen molar-refractivity contribution in [2.45, 2.75) is 89.3 Å². The van der Waals surface area contributed by atoms with Gasteiger partial charge in [-0.3, -0.25) is 14.4 Å². The van der Waals surface area contributed by atoms with Crippen LogP contribution in [0, 0.1) is 17.8 Å². The minimum absolute atomic E-state index is 0.0315. The summed E-state index contributed by atoms with van der Waals surface area (Å²) in [5, 5.41) is 17.7. The zero-order chi connectivity index (χ0) is 29.6. The van der Waals surface area contributed by atoms with Gasteiger partial charge in [0.2, 0.25) is 11.8 Å². The van der Waals surface area contributed by atoms with Crippen LogP contribution in [-0.4, -0.2) is 54.7 Å². The van der Waals surface area contributed by atoms with Crippen LogP contribution in [0.1, 0.15) is 80.6 Å². The third-order valence-electron chi connectivity index (χ3n) is 9.46. The molecule has 1 saturated heterocycles. The van der Waals surface area contributed by atoms with Gasteiger partial charge in [0.15, 0.2) is 0 Å². The summed E-state index contributed by atoms with van der Waals surface area (Å²) in [4.78, 5) is 41.3. The van der Waals surface area contributed by atoms with E-state index in [-0.39, 0.29) is 30.2 Å².